The molecule has 0 aliphatic carbocycles. The Balaban J connectivity index is 1.86. The first-order valence-corrected chi connectivity index (χ1v) is 7.23. The molecule has 0 fully saturated rings. The van der Waals surface area contributed by atoms with Gasteiger partial charge in [-0.05, 0) is 12.3 Å². The van der Waals surface area contributed by atoms with Crippen LogP contribution in [-0.4, -0.2) is 44.6 Å². The zero-order chi connectivity index (χ0) is 15.4. The van der Waals surface area contributed by atoms with Crippen molar-refractivity contribution in [2.45, 2.75) is 33.4 Å². The monoisotopic (exact) mass is 294 g/mol. The van der Waals surface area contributed by atoms with Crippen molar-refractivity contribution in [2.24, 2.45) is 11.8 Å². The highest BCUT2D eigenvalue weighted by atomic mass is 16.4. The van der Waals surface area contributed by atoms with Gasteiger partial charge in [0.2, 0.25) is 0 Å². The molecule has 1 aliphatic heterocycles. The van der Waals surface area contributed by atoms with Crippen molar-refractivity contribution < 1.29 is 14.7 Å². The molecule has 1 aliphatic rings. The minimum Gasteiger partial charge on any atom is -0.481 e. The summed E-state index contributed by atoms with van der Waals surface area (Å²) >= 11 is 0. The lowest BCUT2D eigenvalue weighted by Crippen LogP contribution is -2.46. The maximum absolute atomic E-state index is 12.1. The molecule has 2 N–H and O–H groups in total. The number of rotatable bonds is 5. The molecule has 7 nitrogen and oxygen atoms in total. The summed E-state index contributed by atoms with van der Waals surface area (Å²) in [6.45, 7) is 5.90. The number of amides is 2. The summed E-state index contributed by atoms with van der Waals surface area (Å²) < 4.78 is 2.02. The van der Waals surface area contributed by atoms with Crippen molar-refractivity contribution in [2.75, 3.05) is 13.1 Å². The maximum Gasteiger partial charge on any atom is 0.317 e. The van der Waals surface area contributed by atoms with E-state index in [1.165, 1.54) is 0 Å². The predicted molar refractivity (Wildman–Crippen MR) is 76.6 cm³/mol. The van der Waals surface area contributed by atoms with E-state index in [0.29, 0.717) is 19.5 Å². The van der Waals surface area contributed by atoms with Gasteiger partial charge in [0.05, 0.1) is 12.5 Å². The number of aliphatic carboxylic acids is 1. The van der Waals surface area contributed by atoms with Gasteiger partial charge in [0, 0.05) is 32.0 Å². The van der Waals surface area contributed by atoms with Crippen LogP contribution >= 0.6 is 0 Å². The maximum atomic E-state index is 12.1. The first-order valence-electron chi connectivity index (χ1n) is 7.23. The largest absolute Gasteiger partial charge is 0.481 e. The second-order valence-corrected chi connectivity index (χ2v) is 5.81. The second kappa shape index (κ2) is 6.60. The average Bonchev–Trinajstić information content (AvgIpc) is 2.89. The van der Waals surface area contributed by atoms with Gasteiger partial charge in [0.1, 0.15) is 5.82 Å². The molecular weight excluding hydrogens is 272 g/mol. The van der Waals surface area contributed by atoms with Crippen LogP contribution in [0.2, 0.25) is 0 Å². The Labute approximate surface area is 124 Å². The number of urea groups is 1. The molecule has 116 valence electrons. The second-order valence-electron chi connectivity index (χ2n) is 5.81. The number of imidazole rings is 1. The van der Waals surface area contributed by atoms with E-state index in [4.69, 9.17) is 5.11 Å². The molecule has 0 bridgehead atoms. The van der Waals surface area contributed by atoms with Gasteiger partial charge in [-0.1, -0.05) is 13.8 Å². The normalized spacial score (nSPS) is 15.7. The van der Waals surface area contributed by atoms with Gasteiger partial charge in [0.15, 0.2) is 0 Å². The van der Waals surface area contributed by atoms with Crippen molar-refractivity contribution in [1.29, 1.82) is 0 Å². The molecule has 2 heterocycles. The van der Waals surface area contributed by atoms with Crippen LogP contribution in [0.5, 0.6) is 0 Å². The van der Waals surface area contributed by atoms with Crippen molar-refractivity contribution in [1.82, 2.24) is 19.8 Å². The number of nitrogens with zero attached hydrogens (tertiary/aromatic N) is 3. The fraction of sp³-hybridized carbons (Fsp3) is 0.643. The van der Waals surface area contributed by atoms with E-state index < -0.39 is 11.9 Å². The molecule has 0 aromatic carbocycles. The van der Waals surface area contributed by atoms with Gasteiger partial charge in [-0.15, -0.1) is 0 Å². The number of carboxylic acid groups (broad SMARTS) is 1. The Hall–Kier alpha value is -2.05. The Kier molecular flexibility index (Phi) is 4.82. The van der Waals surface area contributed by atoms with Gasteiger partial charge in [-0.2, -0.15) is 0 Å². The number of hydrogen-bond donors (Lipinski definition) is 2. The van der Waals surface area contributed by atoms with E-state index in [2.05, 4.69) is 10.3 Å². The predicted octanol–water partition coefficient (Wildman–Crippen LogP) is 1.16. The quantitative estimate of drug-likeness (QED) is 0.853. The van der Waals surface area contributed by atoms with Crippen molar-refractivity contribution in [3.8, 4) is 0 Å². The molecular formula is C14H22N4O3. The smallest absolute Gasteiger partial charge is 0.317 e. The van der Waals surface area contributed by atoms with Gasteiger partial charge >= 0.3 is 12.0 Å². The standard InChI is InChI=1S/C14H22N4O3/c1-10(2)7-11(13(19)20)8-16-14(21)18-6-5-17-4-3-15-12(17)9-18/h3-4,10-11H,5-9H2,1-2H3,(H,16,21)(H,19,20). The molecule has 1 unspecified atom stereocenters. The van der Waals surface area contributed by atoms with Crippen molar-refractivity contribution in [3.63, 3.8) is 0 Å². The summed E-state index contributed by atoms with van der Waals surface area (Å²) in [5.41, 5.74) is 0. The molecule has 1 aromatic heterocycles. The highest BCUT2D eigenvalue weighted by Crippen LogP contribution is 2.13. The van der Waals surface area contributed by atoms with Gasteiger partial charge in [0.25, 0.3) is 0 Å². The van der Waals surface area contributed by atoms with Crippen LogP contribution in [-0.2, 0) is 17.9 Å². The SMILES string of the molecule is CC(C)CC(CNC(=O)N1CCn2ccnc2C1)C(=O)O. The van der Waals surface area contributed by atoms with Crippen LogP contribution in [0.1, 0.15) is 26.1 Å². The van der Waals surface area contributed by atoms with E-state index >= 15 is 0 Å². The third kappa shape index (κ3) is 3.96. The Morgan fingerprint density at radius 3 is 2.86 bits per heavy atom. The summed E-state index contributed by atoms with van der Waals surface area (Å²) in [7, 11) is 0. The number of fused-ring (bicyclic) bond motifs is 1. The van der Waals surface area contributed by atoms with Crippen LogP contribution in [0.25, 0.3) is 0 Å². The first-order chi connectivity index (χ1) is 9.97. The third-order valence-corrected chi connectivity index (χ3v) is 3.64. The molecule has 7 heteroatoms. The molecule has 0 saturated heterocycles. The molecule has 0 saturated carbocycles. The number of aromatic nitrogens is 2. The molecule has 2 amide bonds. The number of carboxylic acids is 1. The minimum atomic E-state index is -0.863. The highest BCUT2D eigenvalue weighted by molar-refractivity contribution is 5.76. The van der Waals surface area contributed by atoms with Crippen molar-refractivity contribution in [3.05, 3.63) is 18.2 Å². The molecule has 1 aromatic rings. The molecule has 0 spiro atoms. The Morgan fingerprint density at radius 1 is 1.43 bits per heavy atom. The van der Waals surface area contributed by atoms with Crippen LogP contribution in [0.4, 0.5) is 4.79 Å². The van der Waals surface area contributed by atoms with Crippen LogP contribution in [0.3, 0.4) is 0 Å². The van der Waals surface area contributed by atoms with Gasteiger partial charge < -0.3 is 19.9 Å². The molecule has 1 atom stereocenters. The molecule has 0 radical (unpaired) electrons. The summed E-state index contributed by atoms with van der Waals surface area (Å²) in [5.74, 6) is -0.266. The fourth-order valence-electron chi connectivity index (χ4n) is 2.51. The molecule has 21 heavy (non-hydrogen) atoms. The van der Waals surface area contributed by atoms with E-state index in [-0.39, 0.29) is 18.5 Å². The summed E-state index contributed by atoms with van der Waals surface area (Å²) in [6, 6.07) is -0.223. The van der Waals surface area contributed by atoms with Gasteiger partial charge in [-0.3, -0.25) is 4.79 Å². The Bertz CT molecular complexity index is 512. The Morgan fingerprint density at radius 2 is 2.19 bits per heavy atom. The zero-order valence-corrected chi connectivity index (χ0v) is 12.5. The number of nitrogens with one attached hydrogen (secondary N) is 1. The van der Waals surface area contributed by atoms with Crippen molar-refractivity contribution >= 4 is 12.0 Å². The van der Waals surface area contributed by atoms with Crippen LogP contribution in [0, 0.1) is 11.8 Å². The molecule has 2 rings (SSSR count). The first kappa shape index (κ1) is 15.3. The fourth-order valence-corrected chi connectivity index (χ4v) is 2.51. The topological polar surface area (TPSA) is 87.5 Å². The lowest BCUT2D eigenvalue weighted by molar-refractivity contribution is -0.142. The zero-order valence-electron chi connectivity index (χ0n) is 12.5. The van der Waals surface area contributed by atoms with Gasteiger partial charge in [-0.25, -0.2) is 9.78 Å². The number of carbonyl (C=O) groups excluding carboxylic acids is 1. The number of carbonyl (C=O) groups is 2. The average molecular weight is 294 g/mol. The van der Waals surface area contributed by atoms with E-state index in [9.17, 15) is 9.59 Å². The van der Waals surface area contributed by atoms with Crippen LogP contribution in [0.15, 0.2) is 12.4 Å². The lowest BCUT2D eigenvalue weighted by Gasteiger charge is -2.28. The highest BCUT2D eigenvalue weighted by Gasteiger charge is 2.24. The van der Waals surface area contributed by atoms with E-state index in [1.807, 2.05) is 24.6 Å². The minimum absolute atomic E-state index is 0.164. The number of hydrogen-bond acceptors (Lipinski definition) is 3. The van der Waals surface area contributed by atoms with E-state index in [1.54, 1.807) is 11.1 Å². The summed E-state index contributed by atoms with van der Waals surface area (Å²) in [4.78, 5) is 29.2. The summed E-state index contributed by atoms with van der Waals surface area (Å²) in [6.07, 6.45) is 4.17. The third-order valence-electron chi connectivity index (χ3n) is 3.64. The van der Waals surface area contributed by atoms with E-state index in [0.717, 1.165) is 12.4 Å². The summed E-state index contributed by atoms with van der Waals surface area (Å²) in [5, 5.41) is 11.9. The van der Waals surface area contributed by atoms with Crippen LogP contribution < -0.4 is 5.32 Å². The lowest BCUT2D eigenvalue weighted by atomic mass is 9.97.